The molecule has 0 saturated carbocycles. The van der Waals surface area contributed by atoms with E-state index in [4.69, 9.17) is 9.41 Å². The first kappa shape index (κ1) is 17.1. The maximum absolute atomic E-state index is 6.32. The van der Waals surface area contributed by atoms with Gasteiger partial charge in [-0.3, -0.25) is 4.98 Å². The Labute approximate surface area is 170 Å². The molecule has 3 aromatic rings. The second-order valence-electron chi connectivity index (χ2n) is 6.85. The summed E-state index contributed by atoms with van der Waals surface area (Å²) in [6, 6.07) is 18.4. The molecule has 0 spiro atoms. The summed E-state index contributed by atoms with van der Waals surface area (Å²) in [5.41, 5.74) is 2.06. The van der Waals surface area contributed by atoms with Crippen molar-refractivity contribution in [1.29, 1.82) is 0 Å². The van der Waals surface area contributed by atoms with Gasteiger partial charge in [-0.2, -0.15) is 0 Å². The number of furan rings is 1. The molecule has 0 amide bonds. The molecule has 2 aromatic heterocycles. The number of fused-ring (bicyclic) bond motifs is 1. The lowest BCUT2D eigenvalue weighted by molar-refractivity contribution is 0.277. The van der Waals surface area contributed by atoms with Crippen molar-refractivity contribution in [2.75, 3.05) is 6.54 Å². The number of nitrogens with zero attached hydrogens (tertiary/aromatic N) is 3. The molecule has 4 nitrogen and oxygen atoms in total. The van der Waals surface area contributed by atoms with Gasteiger partial charge in [0.2, 0.25) is 0 Å². The van der Waals surface area contributed by atoms with E-state index in [1.165, 1.54) is 0 Å². The van der Waals surface area contributed by atoms with E-state index >= 15 is 0 Å². The number of halogens is 1. The van der Waals surface area contributed by atoms with Crippen LogP contribution in [-0.2, 0) is 0 Å². The summed E-state index contributed by atoms with van der Waals surface area (Å²) in [4.78, 5) is 11.9. The van der Waals surface area contributed by atoms with Crippen molar-refractivity contribution < 1.29 is 4.42 Å². The zero-order chi connectivity index (χ0) is 18.4. The minimum Gasteiger partial charge on any atom is -0.459 e. The summed E-state index contributed by atoms with van der Waals surface area (Å²) in [6.45, 7) is 3.22. The highest BCUT2D eigenvalue weighted by Gasteiger charge is 2.45. The van der Waals surface area contributed by atoms with E-state index in [0.29, 0.717) is 5.25 Å². The second-order valence-corrected chi connectivity index (χ2v) is 9.17. The predicted molar refractivity (Wildman–Crippen MR) is 113 cm³/mol. The fourth-order valence-electron chi connectivity index (χ4n) is 3.71. The van der Waals surface area contributed by atoms with E-state index in [0.717, 1.165) is 39.0 Å². The smallest absolute Gasteiger partial charge is 0.161 e. The van der Waals surface area contributed by atoms with Gasteiger partial charge in [0, 0.05) is 28.0 Å². The van der Waals surface area contributed by atoms with Crippen molar-refractivity contribution >= 4 is 32.9 Å². The van der Waals surface area contributed by atoms with E-state index in [1.807, 2.05) is 42.2 Å². The van der Waals surface area contributed by atoms with Gasteiger partial charge in [0.25, 0.3) is 0 Å². The predicted octanol–water partition coefficient (Wildman–Crippen LogP) is 5.69. The highest BCUT2D eigenvalue weighted by Crippen LogP contribution is 2.48. The number of thioether (sulfide) groups is 1. The SMILES string of the molecule is C[C@H]1CN2C(=N[C@@H](c3ccccn3)[C@@H]2c2ccc(-c3ccc(Br)cc3)o2)S1. The van der Waals surface area contributed by atoms with Crippen LogP contribution in [0.15, 0.2) is 74.7 Å². The standard InChI is InChI=1S/C21H18BrN3OS/c1-13-12-25-20(19(24-21(25)27-13)16-4-2-3-11-23-16)18-10-9-17(26-18)14-5-7-15(22)8-6-14/h2-11,13,19-20H,12H2,1H3/t13-,19-,20-/m0/s1. The third-order valence-electron chi connectivity index (χ3n) is 4.93. The monoisotopic (exact) mass is 439 g/mol. The molecule has 4 heterocycles. The van der Waals surface area contributed by atoms with Crippen molar-refractivity contribution in [3.8, 4) is 11.3 Å². The Bertz CT molecular complexity index is 986. The van der Waals surface area contributed by atoms with Gasteiger partial charge in [0.15, 0.2) is 5.17 Å². The van der Waals surface area contributed by atoms with E-state index in [1.54, 1.807) is 0 Å². The summed E-state index contributed by atoms with van der Waals surface area (Å²) in [6.07, 6.45) is 1.83. The largest absolute Gasteiger partial charge is 0.459 e. The number of pyridine rings is 1. The third-order valence-corrected chi connectivity index (χ3v) is 6.56. The number of rotatable bonds is 3. The Morgan fingerprint density at radius 1 is 1.11 bits per heavy atom. The summed E-state index contributed by atoms with van der Waals surface area (Å²) < 4.78 is 7.38. The summed E-state index contributed by atoms with van der Waals surface area (Å²) in [7, 11) is 0. The number of hydrogen-bond donors (Lipinski definition) is 0. The van der Waals surface area contributed by atoms with Crippen LogP contribution < -0.4 is 0 Å². The van der Waals surface area contributed by atoms with Crippen LogP contribution in [0, 0.1) is 0 Å². The van der Waals surface area contributed by atoms with Gasteiger partial charge in [0.1, 0.15) is 23.6 Å². The van der Waals surface area contributed by atoms with Crippen LogP contribution in [0.4, 0.5) is 0 Å². The molecule has 0 radical (unpaired) electrons. The Hall–Kier alpha value is -2.05. The van der Waals surface area contributed by atoms with Gasteiger partial charge in [-0.05, 0) is 36.4 Å². The average Bonchev–Trinajstić information content (AvgIpc) is 3.37. The minimum atomic E-state index is -0.0369. The first-order valence-electron chi connectivity index (χ1n) is 8.97. The number of aliphatic imine (C=N–C) groups is 1. The van der Waals surface area contributed by atoms with Gasteiger partial charge in [-0.25, -0.2) is 4.99 Å². The van der Waals surface area contributed by atoms with Crippen LogP contribution in [0.1, 0.15) is 30.5 Å². The molecule has 0 bridgehead atoms. The number of aromatic nitrogens is 1. The van der Waals surface area contributed by atoms with Crippen LogP contribution in [0.3, 0.4) is 0 Å². The van der Waals surface area contributed by atoms with Crippen molar-refractivity contribution in [1.82, 2.24) is 9.88 Å². The molecule has 1 aromatic carbocycles. The quantitative estimate of drug-likeness (QED) is 0.525. The van der Waals surface area contributed by atoms with Crippen molar-refractivity contribution in [3.63, 3.8) is 0 Å². The molecule has 0 N–H and O–H groups in total. The second kappa shape index (κ2) is 6.84. The topological polar surface area (TPSA) is 41.6 Å². The summed E-state index contributed by atoms with van der Waals surface area (Å²) >= 11 is 5.32. The third kappa shape index (κ3) is 3.11. The molecule has 2 aliphatic heterocycles. The van der Waals surface area contributed by atoms with Gasteiger partial charge in [-0.1, -0.05) is 52.8 Å². The molecule has 0 unspecified atom stereocenters. The van der Waals surface area contributed by atoms with Crippen molar-refractivity contribution in [2.45, 2.75) is 24.3 Å². The number of hydrogen-bond acceptors (Lipinski definition) is 5. The van der Waals surface area contributed by atoms with Crippen LogP contribution in [0.5, 0.6) is 0 Å². The number of benzene rings is 1. The highest BCUT2D eigenvalue weighted by atomic mass is 79.9. The Balaban J connectivity index is 1.53. The van der Waals surface area contributed by atoms with Crippen LogP contribution >= 0.6 is 27.7 Å². The Morgan fingerprint density at radius 2 is 1.96 bits per heavy atom. The maximum Gasteiger partial charge on any atom is 0.161 e. The van der Waals surface area contributed by atoms with Crippen LogP contribution in [0.25, 0.3) is 11.3 Å². The highest BCUT2D eigenvalue weighted by molar-refractivity contribution is 9.10. The molecule has 1 saturated heterocycles. The van der Waals surface area contributed by atoms with E-state index in [9.17, 15) is 0 Å². The maximum atomic E-state index is 6.32. The zero-order valence-electron chi connectivity index (χ0n) is 14.7. The van der Waals surface area contributed by atoms with Gasteiger partial charge in [-0.15, -0.1) is 0 Å². The molecular formula is C21H18BrN3OS. The zero-order valence-corrected chi connectivity index (χ0v) is 17.2. The molecule has 2 aliphatic rings. The van der Waals surface area contributed by atoms with E-state index < -0.39 is 0 Å². The van der Waals surface area contributed by atoms with E-state index in [2.05, 4.69) is 63.1 Å². The molecule has 0 aliphatic carbocycles. The average molecular weight is 440 g/mol. The molecule has 3 atom stereocenters. The molecule has 6 heteroatoms. The van der Waals surface area contributed by atoms with Gasteiger partial charge >= 0.3 is 0 Å². The Morgan fingerprint density at radius 3 is 2.74 bits per heavy atom. The summed E-state index contributed by atoms with van der Waals surface area (Å²) in [5.74, 6) is 1.82. The fraction of sp³-hybridized carbons (Fsp3) is 0.238. The lowest BCUT2D eigenvalue weighted by atomic mass is 10.0. The minimum absolute atomic E-state index is 0.0369. The van der Waals surface area contributed by atoms with Crippen LogP contribution in [0.2, 0.25) is 0 Å². The molecular weight excluding hydrogens is 422 g/mol. The van der Waals surface area contributed by atoms with Gasteiger partial charge < -0.3 is 9.32 Å². The van der Waals surface area contributed by atoms with Crippen molar-refractivity contribution in [2.24, 2.45) is 4.99 Å². The lowest BCUT2D eigenvalue weighted by Gasteiger charge is -2.25. The summed E-state index contributed by atoms with van der Waals surface area (Å²) in [5, 5.41) is 1.64. The first-order chi connectivity index (χ1) is 13.2. The lowest BCUT2D eigenvalue weighted by Crippen LogP contribution is -2.28. The van der Waals surface area contributed by atoms with Crippen molar-refractivity contribution in [3.05, 3.63) is 76.7 Å². The molecule has 1 fully saturated rings. The normalized spacial score (nSPS) is 24.1. The van der Waals surface area contributed by atoms with Gasteiger partial charge in [0.05, 0.1) is 5.69 Å². The first-order valence-corrected chi connectivity index (χ1v) is 10.6. The fourth-order valence-corrected chi connectivity index (χ4v) is 5.06. The molecule has 27 heavy (non-hydrogen) atoms. The molecule has 136 valence electrons. The van der Waals surface area contributed by atoms with E-state index in [-0.39, 0.29) is 12.1 Å². The van der Waals surface area contributed by atoms with Crippen LogP contribution in [-0.4, -0.2) is 26.8 Å². The Kier molecular flexibility index (Phi) is 4.32. The number of amidine groups is 1. The molecule has 5 rings (SSSR count).